The number of fused-ring (bicyclic) bond motifs is 1. The second-order valence-corrected chi connectivity index (χ2v) is 9.76. The Hall–Kier alpha value is -4.08. The van der Waals surface area contributed by atoms with E-state index in [1.54, 1.807) is 30.3 Å². The van der Waals surface area contributed by atoms with Gasteiger partial charge in [0.2, 0.25) is 0 Å². The summed E-state index contributed by atoms with van der Waals surface area (Å²) in [7, 11) is 0. The molecule has 0 saturated carbocycles. The molecule has 0 aliphatic carbocycles. The van der Waals surface area contributed by atoms with E-state index in [-0.39, 0.29) is 18.8 Å². The van der Waals surface area contributed by atoms with Gasteiger partial charge in [0.25, 0.3) is 0 Å². The molecule has 0 aliphatic rings. The molecule has 9 heteroatoms. The van der Waals surface area contributed by atoms with Crippen LogP contribution in [0.5, 0.6) is 11.5 Å². The highest BCUT2D eigenvalue weighted by molar-refractivity contribution is 7.99. The molecule has 2 unspecified atom stereocenters. The van der Waals surface area contributed by atoms with Crippen LogP contribution in [0, 0.1) is 0 Å². The summed E-state index contributed by atoms with van der Waals surface area (Å²) in [6.45, 7) is 0.566. The molecule has 4 aromatic rings. The second kappa shape index (κ2) is 12.9. The Morgan fingerprint density at radius 2 is 1.55 bits per heavy atom. The van der Waals surface area contributed by atoms with Gasteiger partial charge in [0.05, 0.1) is 22.9 Å². The number of carboxylic acid groups (broad SMARTS) is 2. The van der Waals surface area contributed by atoms with Crippen LogP contribution in [0.3, 0.4) is 0 Å². The minimum absolute atomic E-state index is 0.130. The average Bonchev–Trinajstić information content (AvgIpc) is 2.93. The predicted octanol–water partition coefficient (Wildman–Crippen LogP) is 5.09. The maximum Gasteiger partial charge on any atom is 0.334 e. The number of benzene rings is 3. The van der Waals surface area contributed by atoms with Crippen LogP contribution < -0.4 is 9.47 Å². The first-order valence-corrected chi connectivity index (χ1v) is 13.0. The van der Waals surface area contributed by atoms with Crippen molar-refractivity contribution < 1.29 is 34.4 Å². The maximum absolute atomic E-state index is 11.4. The summed E-state index contributed by atoms with van der Waals surface area (Å²) in [6.07, 6.45) is -1.79. The minimum atomic E-state index is -1.66. The Labute approximate surface area is 223 Å². The number of nitrogens with zero attached hydrogens (tertiary/aromatic N) is 1. The molecule has 4 rings (SSSR count). The number of hydrogen-bond acceptors (Lipinski definition) is 7. The van der Waals surface area contributed by atoms with E-state index in [2.05, 4.69) is 4.98 Å². The van der Waals surface area contributed by atoms with E-state index in [9.17, 15) is 19.8 Å². The highest BCUT2D eigenvalue weighted by Gasteiger charge is 2.28. The molecule has 1 aromatic heterocycles. The van der Waals surface area contributed by atoms with Crippen molar-refractivity contribution in [3.05, 3.63) is 102 Å². The molecule has 38 heavy (non-hydrogen) atoms. The van der Waals surface area contributed by atoms with E-state index in [1.165, 1.54) is 0 Å². The Bertz CT molecular complexity index is 1390. The fraction of sp³-hybridized carbons (Fsp3) is 0.207. The molecule has 0 spiro atoms. The van der Waals surface area contributed by atoms with E-state index < -0.39 is 23.3 Å². The summed E-state index contributed by atoms with van der Waals surface area (Å²) in [5.74, 6) is -0.859. The van der Waals surface area contributed by atoms with Gasteiger partial charge in [0.1, 0.15) is 24.7 Å². The van der Waals surface area contributed by atoms with Crippen molar-refractivity contribution >= 4 is 34.6 Å². The topological polar surface area (TPSA) is 126 Å². The highest BCUT2D eigenvalue weighted by Crippen LogP contribution is 2.33. The molecule has 0 amide bonds. The van der Waals surface area contributed by atoms with E-state index in [4.69, 9.17) is 14.6 Å². The van der Waals surface area contributed by atoms with Crippen molar-refractivity contribution in [2.75, 3.05) is 5.75 Å². The number of rotatable bonds is 13. The summed E-state index contributed by atoms with van der Waals surface area (Å²) in [5.41, 5.74) is 3.12. The van der Waals surface area contributed by atoms with Gasteiger partial charge in [-0.15, -0.1) is 11.8 Å². The van der Waals surface area contributed by atoms with Gasteiger partial charge in [-0.2, -0.15) is 0 Å². The number of carbonyl (C=O) groups is 2. The standard InChI is InChI=1S/C29H27NO7S/c31-26(32)14-15-38-28(27(33)29(34)35)21-6-3-4-19(16-21)17-36-23-10-12-24(13-11-23)37-18-22-9-8-20-5-1-2-7-25(20)30-22/h1-13,16,27-28,33H,14-15,17-18H2,(H,31,32)(H,34,35). The fourth-order valence-electron chi connectivity index (χ4n) is 3.78. The number of carboxylic acids is 2. The van der Waals surface area contributed by atoms with E-state index in [0.717, 1.165) is 33.9 Å². The van der Waals surface area contributed by atoms with E-state index >= 15 is 0 Å². The van der Waals surface area contributed by atoms with Gasteiger partial charge in [0, 0.05) is 11.1 Å². The molecule has 0 saturated heterocycles. The molecule has 1 heterocycles. The lowest BCUT2D eigenvalue weighted by Crippen LogP contribution is -2.26. The van der Waals surface area contributed by atoms with Crippen LogP contribution in [0.15, 0.2) is 84.9 Å². The third kappa shape index (κ3) is 7.47. The maximum atomic E-state index is 11.4. The van der Waals surface area contributed by atoms with Crippen molar-refractivity contribution in [2.24, 2.45) is 0 Å². The first kappa shape index (κ1) is 27.0. The molecule has 8 nitrogen and oxygen atoms in total. The van der Waals surface area contributed by atoms with Gasteiger partial charge in [-0.25, -0.2) is 9.78 Å². The van der Waals surface area contributed by atoms with E-state index in [0.29, 0.717) is 23.7 Å². The molecular formula is C29H27NO7S. The lowest BCUT2D eigenvalue weighted by Gasteiger charge is -2.20. The summed E-state index contributed by atoms with van der Waals surface area (Å²) < 4.78 is 11.7. The molecule has 3 aromatic carbocycles. The molecular weight excluding hydrogens is 506 g/mol. The molecule has 0 radical (unpaired) electrons. The van der Waals surface area contributed by atoms with Crippen molar-refractivity contribution in [1.82, 2.24) is 4.98 Å². The number of aliphatic hydroxyl groups is 1. The SMILES string of the molecule is O=C(O)CCSC(c1cccc(COc2ccc(OCc3ccc4ccccc4n3)cc2)c1)C(O)C(=O)O. The molecule has 3 N–H and O–H groups in total. The number of aromatic nitrogens is 1. The van der Waals surface area contributed by atoms with Crippen LogP contribution in [0.25, 0.3) is 10.9 Å². The number of hydrogen-bond donors (Lipinski definition) is 3. The van der Waals surface area contributed by atoms with Crippen LogP contribution in [0.1, 0.15) is 28.5 Å². The number of pyridine rings is 1. The highest BCUT2D eigenvalue weighted by atomic mass is 32.2. The molecule has 0 fully saturated rings. The average molecular weight is 534 g/mol. The van der Waals surface area contributed by atoms with Crippen molar-refractivity contribution in [1.29, 1.82) is 0 Å². The smallest absolute Gasteiger partial charge is 0.334 e. The fourth-order valence-corrected chi connectivity index (χ4v) is 4.96. The van der Waals surface area contributed by atoms with Crippen molar-refractivity contribution in [3.8, 4) is 11.5 Å². The van der Waals surface area contributed by atoms with Gasteiger partial charge in [-0.05, 0) is 47.5 Å². The number of thioether (sulfide) groups is 1. The predicted molar refractivity (Wildman–Crippen MR) is 144 cm³/mol. The van der Waals surface area contributed by atoms with Gasteiger partial charge in [-0.1, -0.05) is 48.5 Å². The van der Waals surface area contributed by atoms with Gasteiger partial charge >= 0.3 is 11.9 Å². The van der Waals surface area contributed by atoms with Gasteiger partial charge in [-0.3, -0.25) is 4.79 Å². The second-order valence-electron chi connectivity index (χ2n) is 8.51. The quantitative estimate of drug-likeness (QED) is 0.215. The van der Waals surface area contributed by atoms with Crippen LogP contribution >= 0.6 is 11.8 Å². The Morgan fingerprint density at radius 3 is 2.26 bits per heavy atom. The number of para-hydroxylation sites is 1. The summed E-state index contributed by atoms with van der Waals surface area (Å²) >= 11 is 1.10. The summed E-state index contributed by atoms with van der Waals surface area (Å²) in [6, 6.07) is 26.2. The molecule has 0 bridgehead atoms. The number of ether oxygens (including phenoxy) is 2. The largest absolute Gasteiger partial charge is 0.489 e. The summed E-state index contributed by atoms with van der Waals surface area (Å²) in [5, 5.41) is 28.6. The zero-order valence-electron chi connectivity index (χ0n) is 20.4. The van der Waals surface area contributed by atoms with Crippen LogP contribution in [-0.4, -0.2) is 44.1 Å². The Kier molecular flexibility index (Phi) is 9.18. The minimum Gasteiger partial charge on any atom is -0.489 e. The normalized spacial score (nSPS) is 12.6. The zero-order valence-corrected chi connectivity index (χ0v) is 21.2. The van der Waals surface area contributed by atoms with Crippen molar-refractivity contribution in [3.63, 3.8) is 0 Å². The first-order chi connectivity index (χ1) is 18.4. The summed E-state index contributed by atoms with van der Waals surface area (Å²) in [4.78, 5) is 26.8. The van der Waals surface area contributed by atoms with Crippen LogP contribution in [-0.2, 0) is 22.8 Å². The molecule has 0 aliphatic heterocycles. The number of aliphatic hydroxyl groups excluding tert-OH is 1. The van der Waals surface area contributed by atoms with Gasteiger partial charge in [0.15, 0.2) is 6.10 Å². The van der Waals surface area contributed by atoms with Crippen LogP contribution in [0.2, 0.25) is 0 Å². The van der Waals surface area contributed by atoms with Crippen molar-refractivity contribution in [2.45, 2.75) is 31.0 Å². The zero-order chi connectivity index (χ0) is 26.9. The Balaban J connectivity index is 1.34. The molecule has 196 valence electrons. The van der Waals surface area contributed by atoms with Gasteiger partial charge < -0.3 is 24.8 Å². The molecule has 2 atom stereocenters. The Morgan fingerprint density at radius 1 is 0.842 bits per heavy atom. The number of aliphatic carboxylic acids is 2. The third-order valence-electron chi connectivity index (χ3n) is 5.70. The van der Waals surface area contributed by atoms with E-state index in [1.807, 2.05) is 54.6 Å². The first-order valence-electron chi connectivity index (χ1n) is 11.9. The third-order valence-corrected chi connectivity index (χ3v) is 7.03. The monoisotopic (exact) mass is 533 g/mol. The lowest BCUT2D eigenvalue weighted by atomic mass is 10.0. The lowest BCUT2D eigenvalue weighted by molar-refractivity contribution is -0.146. The van der Waals surface area contributed by atoms with Crippen LogP contribution in [0.4, 0.5) is 0 Å².